The van der Waals surface area contributed by atoms with Gasteiger partial charge in [0.25, 0.3) is 0 Å². The first kappa shape index (κ1) is 14.4. The zero-order chi connectivity index (χ0) is 13.8. The molecule has 2 nitrogen and oxygen atoms in total. The number of rotatable bonds is 6. The first-order chi connectivity index (χ1) is 9.11. The van der Waals surface area contributed by atoms with Crippen LogP contribution >= 0.6 is 11.8 Å². The van der Waals surface area contributed by atoms with Crippen LogP contribution in [0, 0.1) is 0 Å². The van der Waals surface area contributed by atoms with Crippen molar-refractivity contribution in [2.45, 2.75) is 45.2 Å². The molecule has 0 spiro atoms. The molecule has 0 aliphatic heterocycles. The van der Waals surface area contributed by atoms with Gasteiger partial charge in [-0.3, -0.25) is 4.79 Å². The monoisotopic (exact) mass is 277 g/mol. The van der Waals surface area contributed by atoms with Gasteiger partial charge in [-0.25, -0.2) is 0 Å². The summed E-state index contributed by atoms with van der Waals surface area (Å²) in [6.45, 7) is 5.17. The van der Waals surface area contributed by atoms with Crippen LogP contribution in [0.4, 0.5) is 0 Å². The van der Waals surface area contributed by atoms with Crippen molar-refractivity contribution in [1.82, 2.24) is 4.90 Å². The number of thioether (sulfide) groups is 1. The molecule has 0 N–H and O–H groups in total. The maximum Gasteiger partial charge on any atom is 0.233 e. The second-order valence-corrected chi connectivity index (χ2v) is 6.45. The summed E-state index contributed by atoms with van der Waals surface area (Å²) in [6, 6.07) is 9.19. The summed E-state index contributed by atoms with van der Waals surface area (Å²) in [7, 11) is 0. The first-order valence-corrected chi connectivity index (χ1v) is 8.38. The van der Waals surface area contributed by atoms with Crippen molar-refractivity contribution >= 4 is 17.7 Å². The number of nitrogens with zero attached hydrogens (tertiary/aromatic N) is 1. The third kappa shape index (κ3) is 4.00. The fourth-order valence-electron chi connectivity index (χ4n) is 2.22. The second kappa shape index (κ2) is 6.47. The summed E-state index contributed by atoms with van der Waals surface area (Å²) in [4.78, 5) is 14.2. The van der Waals surface area contributed by atoms with Crippen LogP contribution in [0.5, 0.6) is 0 Å². The molecule has 0 bridgehead atoms. The van der Waals surface area contributed by atoms with E-state index in [9.17, 15) is 4.79 Å². The smallest absolute Gasteiger partial charge is 0.233 e. The molecule has 104 valence electrons. The van der Waals surface area contributed by atoms with Gasteiger partial charge in [-0.05, 0) is 36.1 Å². The molecule has 0 radical (unpaired) electrons. The Labute approximate surface area is 120 Å². The van der Waals surface area contributed by atoms with Crippen molar-refractivity contribution in [3.8, 4) is 0 Å². The lowest BCUT2D eigenvalue weighted by Gasteiger charge is -2.22. The summed E-state index contributed by atoms with van der Waals surface area (Å²) >= 11 is 1.61. The molecule has 2 rings (SSSR count). The Kier molecular flexibility index (Phi) is 4.92. The van der Waals surface area contributed by atoms with E-state index in [1.54, 1.807) is 11.8 Å². The van der Waals surface area contributed by atoms with Crippen LogP contribution in [0.15, 0.2) is 24.3 Å². The molecule has 1 aromatic carbocycles. The molecular formula is C16H23NOS. The van der Waals surface area contributed by atoms with Gasteiger partial charge < -0.3 is 4.90 Å². The predicted molar refractivity (Wildman–Crippen MR) is 82.5 cm³/mol. The van der Waals surface area contributed by atoms with E-state index in [1.807, 2.05) is 6.26 Å². The highest BCUT2D eigenvalue weighted by Crippen LogP contribution is 2.29. The first-order valence-electron chi connectivity index (χ1n) is 6.99. The average molecular weight is 277 g/mol. The number of benzene rings is 1. The number of amides is 1. The van der Waals surface area contributed by atoms with Crippen molar-refractivity contribution in [2.24, 2.45) is 0 Å². The van der Waals surface area contributed by atoms with E-state index in [0.717, 1.165) is 6.54 Å². The van der Waals surface area contributed by atoms with Gasteiger partial charge >= 0.3 is 0 Å². The molecule has 1 amide bonds. The Bertz CT molecular complexity index is 423. The van der Waals surface area contributed by atoms with E-state index in [-0.39, 0.29) is 5.91 Å². The molecule has 0 saturated heterocycles. The molecule has 1 aromatic rings. The highest BCUT2D eigenvalue weighted by molar-refractivity contribution is 7.99. The zero-order valence-electron chi connectivity index (χ0n) is 12.1. The van der Waals surface area contributed by atoms with Crippen molar-refractivity contribution in [3.05, 3.63) is 35.4 Å². The Morgan fingerprint density at radius 3 is 2.42 bits per heavy atom. The van der Waals surface area contributed by atoms with Crippen LogP contribution in [0.25, 0.3) is 0 Å². The van der Waals surface area contributed by atoms with Crippen LogP contribution in [0.3, 0.4) is 0 Å². The summed E-state index contributed by atoms with van der Waals surface area (Å²) in [5.74, 6) is 1.44. The molecule has 1 fully saturated rings. The van der Waals surface area contributed by atoms with Gasteiger partial charge in [-0.2, -0.15) is 11.8 Å². The van der Waals surface area contributed by atoms with Crippen LogP contribution in [-0.4, -0.2) is 28.9 Å². The molecule has 0 atom stereocenters. The van der Waals surface area contributed by atoms with Crippen molar-refractivity contribution < 1.29 is 4.79 Å². The topological polar surface area (TPSA) is 20.3 Å². The van der Waals surface area contributed by atoms with Gasteiger partial charge in [0.2, 0.25) is 5.91 Å². The predicted octanol–water partition coefficient (Wildman–Crippen LogP) is 3.66. The Morgan fingerprint density at radius 2 is 1.95 bits per heavy atom. The molecule has 0 aromatic heterocycles. The normalized spacial score (nSPS) is 14.7. The molecular weight excluding hydrogens is 254 g/mol. The summed E-state index contributed by atoms with van der Waals surface area (Å²) in [5.41, 5.74) is 2.60. The Balaban J connectivity index is 2.02. The zero-order valence-corrected chi connectivity index (χ0v) is 12.9. The quantitative estimate of drug-likeness (QED) is 0.791. The number of hydrogen-bond donors (Lipinski definition) is 0. The minimum atomic E-state index is 0.280. The maximum atomic E-state index is 12.1. The van der Waals surface area contributed by atoms with Gasteiger partial charge in [-0.1, -0.05) is 38.1 Å². The molecule has 1 aliphatic carbocycles. The fraction of sp³-hybridized carbons (Fsp3) is 0.562. The highest BCUT2D eigenvalue weighted by atomic mass is 32.2. The van der Waals surface area contributed by atoms with Crippen LogP contribution in [0.1, 0.15) is 43.7 Å². The SMILES string of the molecule is CSCC(=O)N(Cc1ccc(C(C)C)cc1)C1CC1. The van der Waals surface area contributed by atoms with Gasteiger partial charge in [0, 0.05) is 12.6 Å². The number of carbonyl (C=O) groups excluding carboxylic acids is 1. The van der Waals surface area contributed by atoms with Gasteiger partial charge in [0.05, 0.1) is 5.75 Å². The molecule has 0 unspecified atom stereocenters. The Morgan fingerprint density at radius 1 is 1.32 bits per heavy atom. The average Bonchev–Trinajstić information content (AvgIpc) is 3.21. The van der Waals surface area contributed by atoms with Crippen molar-refractivity contribution in [1.29, 1.82) is 0 Å². The summed E-state index contributed by atoms with van der Waals surface area (Å²) in [6.07, 6.45) is 4.33. The van der Waals surface area contributed by atoms with Crippen LogP contribution < -0.4 is 0 Å². The molecule has 3 heteroatoms. The fourth-order valence-corrected chi connectivity index (χ4v) is 2.63. The van der Waals surface area contributed by atoms with Crippen LogP contribution in [0.2, 0.25) is 0 Å². The summed E-state index contributed by atoms with van der Waals surface area (Å²) in [5, 5.41) is 0. The van der Waals surface area contributed by atoms with E-state index in [2.05, 4.69) is 43.0 Å². The molecule has 0 heterocycles. The number of carbonyl (C=O) groups is 1. The largest absolute Gasteiger partial charge is 0.335 e. The van der Waals surface area contributed by atoms with Crippen molar-refractivity contribution in [3.63, 3.8) is 0 Å². The molecule has 1 saturated carbocycles. The highest BCUT2D eigenvalue weighted by Gasteiger charge is 2.32. The van der Waals surface area contributed by atoms with Gasteiger partial charge in [0.1, 0.15) is 0 Å². The maximum absolute atomic E-state index is 12.1. The van der Waals surface area contributed by atoms with E-state index >= 15 is 0 Å². The molecule has 1 aliphatic rings. The van der Waals surface area contributed by atoms with E-state index in [4.69, 9.17) is 0 Å². The standard InChI is InChI=1S/C16H23NOS/c1-12(2)14-6-4-13(5-7-14)10-17(15-8-9-15)16(18)11-19-3/h4-7,12,15H,8-11H2,1-3H3. The molecule has 19 heavy (non-hydrogen) atoms. The van der Waals surface area contributed by atoms with E-state index in [1.165, 1.54) is 24.0 Å². The lowest BCUT2D eigenvalue weighted by Crippen LogP contribution is -2.33. The third-order valence-electron chi connectivity index (χ3n) is 3.58. The number of hydrogen-bond acceptors (Lipinski definition) is 2. The summed E-state index contributed by atoms with van der Waals surface area (Å²) < 4.78 is 0. The third-order valence-corrected chi connectivity index (χ3v) is 4.11. The second-order valence-electron chi connectivity index (χ2n) is 5.58. The minimum absolute atomic E-state index is 0.280. The van der Waals surface area contributed by atoms with Crippen molar-refractivity contribution in [2.75, 3.05) is 12.0 Å². The lowest BCUT2D eigenvalue weighted by molar-refractivity contribution is -0.129. The van der Waals surface area contributed by atoms with E-state index < -0.39 is 0 Å². The van der Waals surface area contributed by atoms with Crippen LogP contribution in [-0.2, 0) is 11.3 Å². The van der Waals surface area contributed by atoms with E-state index in [0.29, 0.717) is 17.7 Å². The van der Waals surface area contributed by atoms with Gasteiger partial charge in [0.15, 0.2) is 0 Å². The Hall–Kier alpha value is -0.960. The minimum Gasteiger partial charge on any atom is -0.335 e. The lowest BCUT2D eigenvalue weighted by atomic mass is 10.0. The van der Waals surface area contributed by atoms with Gasteiger partial charge in [-0.15, -0.1) is 0 Å².